The van der Waals surface area contributed by atoms with E-state index >= 15 is 0 Å². The summed E-state index contributed by atoms with van der Waals surface area (Å²) in [5, 5.41) is 0. The standard InChI is InChI=1S/C21H32N6O2/c1-15(2)6-5-11-26-18(28)21(27(20(26)29)14-16(3)4)8-12-25(13-9-21)19-23-10-7-17(22)24-19/h6-7,10,16H,5,8-9,11-14H2,1-4H3,(H2,22,23,24). The van der Waals surface area contributed by atoms with Crippen molar-refractivity contribution in [3.05, 3.63) is 23.9 Å². The van der Waals surface area contributed by atoms with Gasteiger partial charge in [0, 0.05) is 32.4 Å². The van der Waals surface area contributed by atoms with Crippen molar-refractivity contribution in [3.63, 3.8) is 0 Å². The summed E-state index contributed by atoms with van der Waals surface area (Å²) in [4.78, 5) is 40.5. The van der Waals surface area contributed by atoms with Gasteiger partial charge in [-0.25, -0.2) is 9.78 Å². The fourth-order valence-corrected chi connectivity index (χ4v) is 4.15. The van der Waals surface area contributed by atoms with Gasteiger partial charge in [0.05, 0.1) is 0 Å². The molecule has 1 spiro atoms. The summed E-state index contributed by atoms with van der Waals surface area (Å²) in [5.41, 5.74) is 6.22. The van der Waals surface area contributed by atoms with E-state index in [1.54, 1.807) is 12.3 Å². The van der Waals surface area contributed by atoms with Crippen LogP contribution in [0, 0.1) is 5.92 Å². The molecular weight excluding hydrogens is 368 g/mol. The van der Waals surface area contributed by atoms with Crippen LogP contribution in [0.4, 0.5) is 16.6 Å². The predicted molar refractivity (Wildman–Crippen MR) is 113 cm³/mol. The number of carbonyl (C=O) groups is 2. The number of imide groups is 1. The summed E-state index contributed by atoms with van der Waals surface area (Å²) in [6.07, 6.45) is 5.54. The van der Waals surface area contributed by atoms with Crippen molar-refractivity contribution in [3.8, 4) is 0 Å². The van der Waals surface area contributed by atoms with Gasteiger partial charge in [-0.05, 0) is 45.1 Å². The number of carbonyl (C=O) groups excluding carboxylic acids is 2. The van der Waals surface area contributed by atoms with Gasteiger partial charge in [0.1, 0.15) is 11.4 Å². The van der Waals surface area contributed by atoms with Gasteiger partial charge < -0.3 is 15.5 Å². The molecule has 2 saturated heterocycles. The van der Waals surface area contributed by atoms with Gasteiger partial charge in [0.15, 0.2) is 0 Å². The molecule has 1 aromatic heterocycles. The normalized spacial score (nSPS) is 18.9. The first kappa shape index (κ1) is 21.1. The van der Waals surface area contributed by atoms with E-state index in [4.69, 9.17) is 5.73 Å². The number of rotatable bonds is 6. The second kappa shape index (κ2) is 8.39. The maximum atomic E-state index is 13.4. The van der Waals surface area contributed by atoms with Gasteiger partial charge in [-0.3, -0.25) is 9.69 Å². The first-order valence-electron chi connectivity index (χ1n) is 10.3. The van der Waals surface area contributed by atoms with Crippen LogP contribution < -0.4 is 10.6 Å². The molecule has 0 bridgehead atoms. The number of amides is 3. The molecule has 0 aliphatic carbocycles. The van der Waals surface area contributed by atoms with Crippen LogP contribution in [-0.2, 0) is 4.79 Å². The molecule has 8 heteroatoms. The zero-order valence-electron chi connectivity index (χ0n) is 17.9. The summed E-state index contributed by atoms with van der Waals surface area (Å²) in [6.45, 7) is 10.4. The average Bonchev–Trinajstić information content (AvgIpc) is 2.84. The molecule has 2 N–H and O–H groups in total. The Labute approximate surface area is 172 Å². The number of hydrogen-bond donors (Lipinski definition) is 1. The lowest BCUT2D eigenvalue weighted by atomic mass is 9.85. The zero-order chi connectivity index (χ0) is 21.2. The molecule has 0 atom stereocenters. The van der Waals surface area contributed by atoms with Crippen LogP contribution in [-0.4, -0.2) is 63.4 Å². The van der Waals surface area contributed by atoms with Gasteiger partial charge >= 0.3 is 6.03 Å². The van der Waals surface area contributed by atoms with E-state index in [1.165, 1.54) is 10.5 Å². The topological polar surface area (TPSA) is 95.7 Å². The maximum Gasteiger partial charge on any atom is 0.327 e. The first-order chi connectivity index (χ1) is 13.7. The molecule has 2 aliphatic heterocycles. The fourth-order valence-electron chi connectivity index (χ4n) is 4.15. The van der Waals surface area contributed by atoms with Crippen LogP contribution in [0.15, 0.2) is 23.9 Å². The predicted octanol–water partition coefficient (Wildman–Crippen LogP) is 2.67. The molecule has 3 amide bonds. The molecule has 0 aromatic carbocycles. The number of aromatic nitrogens is 2. The van der Waals surface area contributed by atoms with Crippen LogP contribution >= 0.6 is 0 Å². The third-order valence-corrected chi connectivity index (χ3v) is 5.61. The van der Waals surface area contributed by atoms with E-state index in [2.05, 4.69) is 29.9 Å². The molecule has 158 valence electrons. The van der Waals surface area contributed by atoms with E-state index in [0.29, 0.717) is 57.2 Å². The largest absolute Gasteiger partial charge is 0.384 e. The molecule has 1 aromatic rings. The number of nitrogens with two attached hydrogens (primary N) is 1. The van der Waals surface area contributed by atoms with Gasteiger partial charge in [-0.2, -0.15) is 4.98 Å². The SMILES string of the molecule is CC(C)=CCCN1C(=O)N(CC(C)C)C2(CCN(c3nccc(N)n3)CC2)C1=O. The number of anilines is 2. The maximum absolute atomic E-state index is 13.4. The summed E-state index contributed by atoms with van der Waals surface area (Å²) < 4.78 is 0. The van der Waals surface area contributed by atoms with Crippen molar-refractivity contribution in [1.82, 2.24) is 19.8 Å². The highest BCUT2D eigenvalue weighted by atomic mass is 16.2. The highest BCUT2D eigenvalue weighted by Gasteiger charge is 2.57. The third-order valence-electron chi connectivity index (χ3n) is 5.61. The lowest BCUT2D eigenvalue weighted by Crippen LogP contribution is -2.57. The van der Waals surface area contributed by atoms with E-state index < -0.39 is 5.54 Å². The van der Waals surface area contributed by atoms with Crippen LogP contribution in [0.2, 0.25) is 0 Å². The van der Waals surface area contributed by atoms with Crippen LogP contribution in [0.3, 0.4) is 0 Å². The second-order valence-electron chi connectivity index (χ2n) is 8.61. The molecule has 2 fully saturated rings. The number of nitrogen functional groups attached to an aromatic ring is 1. The van der Waals surface area contributed by atoms with Gasteiger partial charge in [-0.1, -0.05) is 25.5 Å². The Morgan fingerprint density at radius 2 is 1.97 bits per heavy atom. The molecule has 3 heterocycles. The van der Waals surface area contributed by atoms with Crippen LogP contribution in [0.5, 0.6) is 0 Å². The molecule has 3 rings (SSSR count). The molecule has 2 aliphatic rings. The lowest BCUT2D eigenvalue weighted by molar-refractivity contribution is -0.134. The van der Waals surface area contributed by atoms with Gasteiger partial charge in [0.25, 0.3) is 5.91 Å². The second-order valence-corrected chi connectivity index (χ2v) is 8.61. The highest BCUT2D eigenvalue weighted by Crippen LogP contribution is 2.38. The molecule has 0 unspecified atom stereocenters. The fraction of sp³-hybridized carbons (Fsp3) is 0.619. The number of nitrogens with zero attached hydrogens (tertiary/aromatic N) is 5. The van der Waals surface area contributed by atoms with Crippen LogP contribution in [0.25, 0.3) is 0 Å². The van der Waals surface area contributed by atoms with E-state index in [0.717, 1.165) is 0 Å². The summed E-state index contributed by atoms with van der Waals surface area (Å²) in [7, 11) is 0. The number of piperidine rings is 1. The van der Waals surface area contributed by atoms with Crippen molar-refractivity contribution in [1.29, 1.82) is 0 Å². The summed E-state index contributed by atoms with van der Waals surface area (Å²) in [5.74, 6) is 1.23. The molecule has 8 nitrogen and oxygen atoms in total. The average molecular weight is 401 g/mol. The van der Waals surface area contributed by atoms with Crippen molar-refractivity contribution >= 4 is 23.7 Å². The minimum atomic E-state index is -0.761. The summed E-state index contributed by atoms with van der Waals surface area (Å²) >= 11 is 0. The summed E-state index contributed by atoms with van der Waals surface area (Å²) in [6, 6.07) is 1.50. The first-order valence-corrected chi connectivity index (χ1v) is 10.3. The Morgan fingerprint density at radius 1 is 1.28 bits per heavy atom. The Kier molecular flexibility index (Phi) is 6.10. The van der Waals surface area contributed by atoms with E-state index in [1.807, 2.05) is 23.6 Å². The minimum absolute atomic E-state index is 0.0570. The molecule has 0 saturated carbocycles. The molecule has 29 heavy (non-hydrogen) atoms. The quantitative estimate of drug-likeness (QED) is 0.583. The zero-order valence-corrected chi connectivity index (χ0v) is 17.9. The smallest absolute Gasteiger partial charge is 0.327 e. The number of urea groups is 1. The van der Waals surface area contributed by atoms with Crippen molar-refractivity contribution in [2.45, 2.75) is 52.5 Å². The minimum Gasteiger partial charge on any atom is -0.384 e. The number of hydrogen-bond acceptors (Lipinski definition) is 6. The van der Waals surface area contributed by atoms with Crippen LogP contribution in [0.1, 0.15) is 47.0 Å². The highest BCUT2D eigenvalue weighted by molar-refractivity contribution is 6.07. The van der Waals surface area contributed by atoms with Crippen molar-refractivity contribution < 1.29 is 9.59 Å². The van der Waals surface area contributed by atoms with Gasteiger partial charge in [-0.15, -0.1) is 0 Å². The van der Waals surface area contributed by atoms with Crippen molar-refractivity contribution in [2.75, 3.05) is 36.8 Å². The third kappa shape index (κ3) is 4.21. The van der Waals surface area contributed by atoms with E-state index in [9.17, 15) is 9.59 Å². The van der Waals surface area contributed by atoms with E-state index in [-0.39, 0.29) is 17.9 Å². The Balaban J connectivity index is 1.80. The monoisotopic (exact) mass is 400 g/mol. The Morgan fingerprint density at radius 3 is 2.55 bits per heavy atom. The number of allylic oxidation sites excluding steroid dienone is 1. The Hall–Kier alpha value is -2.64. The van der Waals surface area contributed by atoms with Crippen molar-refractivity contribution in [2.24, 2.45) is 5.92 Å². The Bertz CT molecular complexity index is 794. The molecule has 0 radical (unpaired) electrons. The lowest BCUT2D eigenvalue weighted by Gasteiger charge is -2.42. The van der Waals surface area contributed by atoms with Gasteiger partial charge in [0.2, 0.25) is 5.95 Å². The molecular formula is C21H32N6O2.